The highest BCUT2D eigenvalue weighted by molar-refractivity contribution is 6.03. The SMILES string of the molecule is O=CN1CCN(c2cc(C(=O)Nc3c(F)cccc3F)ncn2)CC1. The number of nitrogens with one attached hydrogen (secondary N) is 1. The first kappa shape index (κ1) is 16.7. The highest BCUT2D eigenvalue weighted by Gasteiger charge is 2.19. The van der Waals surface area contributed by atoms with E-state index < -0.39 is 23.2 Å². The highest BCUT2D eigenvalue weighted by Crippen LogP contribution is 2.19. The van der Waals surface area contributed by atoms with Crippen molar-refractivity contribution in [2.75, 3.05) is 36.4 Å². The maximum absolute atomic E-state index is 13.6. The molecule has 1 aromatic carbocycles. The summed E-state index contributed by atoms with van der Waals surface area (Å²) in [6.07, 6.45) is 2.01. The van der Waals surface area contributed by atoms with Crippen LogP contribution in [-0.2, 0) is 4.79 Å². The summed E-state index contributed by atoms with van der Waals surface area (Å²) in [5, 5.41) is 2.19. The Morgan fingerprint density at radius 2 is 1.80 bits per heavy atom. The van der Waals surface area contributed by atoms with Crippen LogP contribution in [0.2, 0.25) is 0 Å². The van der Waals surface area contributed by atoms with Crippen molar-refractivity contribution >= 4 is 23.8 Å². The molecule has 3 rings (SSSR count). The molecule has 1 aliphatic heterocycles. The van der Waals surface area contributed by atoms with Gasteiger partial charge < -0.3 is 15.1 Å². The molecule has 130 valence electrons. The standard InChI is InChI=1S/C16H15F2N5O2/c17-11-2-1-3-12(18)15(11)21-16(25)13-8-14(20-9-19-13)23-6-4-22(10-24)5-7-23/h1-3,8-10H,4-7H2,(H,21,25). The first-order chi connectivity index (χ1) is 12.1. The second-order valence-electron chi connectivity index (χ2n) is 5.44. The number of anilines is 2. The smallest absolute Gasteiger partial charge is 0.274 e. The molecule has 0 spiro atoms. The number of amides is 2. The Labute approximate surface area is 142 Å². The van der Waals surface area contributed by atoms with E-state index in [4.69, 9.17) is 0 Å². The van der Waals surface area contributed by atoms with Gasteiger partial charge in [-0.1, -0.05) is 6.07 Å². The summed E-state index contributed by atoms with van der Waals surface area (Å²) in [6.45, 7) is 2.24. The van der Waals surface area contributed by atoms with Gasteiger partial charge in [0, 0.05) is 32.2 Å². The Morgan fingerprint density at radius 1 is 1.12 bits per heavy atom. The second-order valence-corrected chi connectivity index (χ2v) is 5.44. The van der Waals surface area contributed by atoms with Crippen molar-refractivity contribution in [3.05, 3.63) is 47.9 Å². The molecule has 0 bridgehead atoms. The molecule has 2 heterocycles. The fourth-order valence-electron chi connectivity index (χ4n) is 2.50. The minimum absolute atomic E-state index is 0.00882. The Balaban J connectivity index is 1.75. The van der Waals surface area contributed by atoms with Gasteiger partial charge in [0.1, 0.15) is 35.2 Å². The molecule has 0 aliphatic carbocycles. The molecular formula is C16H15F2N5O2. The number of piperazine rings is 1. The monoisotopic (exact) mass is 347 g/mol. The molecule has 2 aromatic rings. The number of nitrogens with zero attached hydrogens (tertiary/aromatic N) is 4. The average Bonchev–Trinajstić information content (AvgIpc) is 2.65. The lowest BCUT2D eigenvalue weighted by Gasteiger charge is -2.33. The van der Waals surface area contributed by atoms with E-state index >= 15 is 0 Å². The molecule has 0 saturated carbocycles. The van der Waals surface area contributed by atoms with Crippen LogP contribution in [0.25, 0.3) is 0 Å². The summed E-state index contributed by atoms with van der Waals surface area (Å²) in [5.41, 5.74) is -0.530. The van der Waals surface area contributed by atoms with Crippen LogP contribution in [0.4, 0.5) is 20.3 Å². The van der Waals surface area contributed by atoms with Crippen LogP contribution in [0.1, 0.15) is 10.5 Å². The van der Waals surface area contributed by atoms with Crippen LogP contribution in [0.5, 0.6) is 0 Å². The van der Waals surface area contributed by atoms with E-state index in [0.717, 1.165) is 18.5 Å². The first-order valence-corrected chi connectivity index (χ1v) is 7.60. The van der Waals surface area contributed by atoms with E-state index in [1.165, 1.54) is 18.5 Å². The first-order valence-electron chi connectivity index (χ1n) is 7.60. The number of rotatable bonds is 4. The van der Waals surface area contributed by atoms with Crippen molar-refractivity contribution in [3.8, 4) is 0 Å². The third-order valence-electron chi connectivity index (χ3n) is 3.87. The Kier molecular flexibility index (Phi) is 4.82. The van der Waals surface area contributed by atoms with Crippen LogP contribution >= 0.6 is 0 Å². The topological polar surface area (TPSA) is 78.4 Å². The van der Waals surface area contributed by atoms with Gasteiger partial charge in [0.15, 0.2) is 0 Å². The Morgan fingerprint density at radius 3 is 2.44 bits per heavy atom. The maximum Gasteiger partial charge on any atom is 0.274 e. The predicted octanol–water partition coefficient (Wildman–Crippen LogP) is 1.29. The number of carbonyl (C=O) groups excluding carboxylic acids is 2. The Hall–Kier alpha value is -3.10. The van der Waals surface area contributed by atoms with Crippen molar-refractivity contribution in [2.45, 2.75) is 0 Å². The largest absolute Gasteiger partial charge is 0.353 e. The minimum atomic E-state index is -0.868. The zero-order chi connectivity index (χ0) is 17.8. The van der Waals surface area contributed by atoms with Crippen LogP contribution < -0.4 is 10.2 Å². The van der Waals surface area contributed by atoms with Crippen molar-refractivity contribution in [3.63, 3.8) is 0 Å². The molecule has 1 fully saturated rings. The van der Waals surface area contributed by atoms with Crippen LogP contribution in [0.3, 0.4) is 0 Å². The third-order valence-corrected chi connectivity index (χ3v) is 3.87. The van der Waals surface area contributed by atoms with Gasteiger partial charge in [-0.3, -0.25) is 9.59 Å². The lowest BCUT2D eigenvalue weighted by atomic mass is 10.2. The number of para-hydroxylation sites is 1. The maximum atomic E-state index is 13.6. The van der Waals surface area contributed by atoms with E-state index in [9.17, 15) is 18.4 Å². The number of hydrogen-bond acceptors (Lipinski definition) is 5. The van der Waals surface area contributed by atoms with Crippen molar-refractivity contribution in [1.82, 2.24) is 14.9 Å². The summed E-state index contributed by atoms with van der Waals surface area (Å²) in [7, 11) is 0. The molecule has 9 heteroatoms. The summed E-state index contributed by atoms with van der Waals surface area (Å²) in [5.74, 6) is -1.96. The lowest BCUT2D eigenvalue weighted by molar-refractivity contribution is -0.118. The Bertz CT molecular complexity index is 774. The van der Waals surface area contributed by atoms with Gasteiger partial charge in [0.25, 0.3) is 5.91 Å². The molecule has 7 nitrogen and oxygen atoms in total. The van der Waals surface area contributed by atoms with Crippen molar-refractivity contribution in [1.29, 1.82) is 0 Å². The number of halogens is 2. The van der Waals surface area contributed by atoms with E-state index in [2.05, 4.69) is 15.3 Å². The second kappa shape index (κ2) is 7.20. The molecule has 0 radical (unpaired) electrons. The third kappa shape index (κ3) is 3.70. The molecule has 1 saturated heterocycles. The predicted molar refractivity (Wildman–Crippen MR) is 86.2 cm³/mol. The summed E-state index contributed by atoms with van der Waals surface area (Å²) >= 11 is 0. The number of carbonyl (C=O) groups is 2. The number of benzene rings is 1. The van der Waals surface area contributed by atoms with Crippen molar-refractivity contribution < 1.29 is 18.4 Å². The molecule has 25 heavy (non-hydrogen) atoms. The van der Waals surface area contributed by atoms with Crippen molar-refractivity contribution in [2.24, 2.45) is 0 Å². The van der Waals surface area contributed by atoms with E-state index in [0.29, 0.717) is 32.0 Å². The van der Waals surface area contributed by atoms with E-state index in [1.54, 1.807) is 4.90 Å². The molecule has 0 unspecified atom stereocenters. The van der Waals surface area contributed by atoms with Gasteiger partial charge in [-0.15, -0.1) is 0 Å². The van der Waals surface area contributed by atoms with Gasteiger partial charge >= 0.3 is 0 Å². The minimum Gasteiger partial charge on any atom is -0.353 e. The summed E-state index contributed by atoms with van der Waals surface area (Å²) < 4.78 is 27.3. The summed E-state index contributed by atoms with van der Waals surface area (Å²) in [4.78, 5) is 34.5. The zero-order valence-corrected chi connectivity index (χ0v) is 13.2. The molecule has 2 amide bonds. The average molecular weight is 347 g/mol. The number of aromatic nitrogens is 2. The van der Waals surface area contributed by atoms with Gasteiger partial charge in [-0.25, -0.2) is 18.7 Å². The molecule has 0 atom stereocenters. The molecular weight excluding hydrogens is 332 g/mol. The number of hydrogen-bond donors (Lipinski definition) is 1. The van der Waals surface area contributed by atoms with Gasteiger partial charge in [-0.2, -0.15) is 0 Å². The molecule has 1 aromatic heterocycles. The van der Waals surface area contributed by atoms with Crippen LogP contribution in [0.15, 0.2) is 30.6 Å². The normalized spacial score (nSPS) is 14.3. The van der Waals surface area contributed by atoms with Gasteiger partial charge in [0.05, 0.1) is 0 Å². The van der Waals surface area contributed by atoms with Crippen LogP contribution in [0, 0.1) is 11.6 Å². The zero-order valence-electron chi connectivity index (χ0n) is 13.2. The fraction of sp³-hybridized carbons (Fsp3) is 0.250. The summed E-state index contributed by atoms with van der Waals surface area (Å²) in [6, 6.07) is 4.76. The molecule has 1 aliphatic rings. The highest BCUT2D eigenvalue weighted by atomic mass is 19.1. The van der Waals surface area contributed by atoms with Crippen LogP contribution in [-0.4, -0.2) is 53.4 Å². The quantitative estimate of drug-likeness (QED) is 0.843. The van der Waals surface area contributed by atoms with E-state index in [-0.39, 0.29) is 5.69 Å². The lowest BCUT2D eigenvalue weighted by Crippen LogP contribution is -2.46. The van der Waals surface area contributed by atoms with E-state index in [1.807, 2.05) is 4.90 Å². The fourth-order valence-corrected chi connectivity index (χ4v) is 2.50. The van der Waals surface area contributed by atoms with Gasteiger partial charge in [0.2, 0.25) is 6.41 Å². The molecule has 1 N–H and O–H groups in total. The van der Waals surface area contributed by atoms with Gasteiger partial charge in [-0.05, 0) is 12.1 Å².